The Labute approximate surface area is 117 Å². The van der Waals surface area contributed by atoms with Gasteiger partial charge in [0.2, 0.25) is 0 Å². The van der Waals surface area contributed by atoms with E-state index in [0.717, 1.165) is 13.0 Å². The predicted octanol–water partition coefficient (Wildman–Crippen LogP) is 0.616. The molecule has 5 nitrogen and oxygen atoms in total. The summed E-state index contributed by atoms with van der Waals surface area (Å²) in [6.45, 7) is 3.60. The fraction of sp³-hybridized carbons (Fsp3) is 1.00. The lowest BCUT2D eigenvalue weighted by molar-refractivity contribution is 0.287. The summed E-state index contributed by atoms with van der Waals surface area (Å²) >= 11 is 0. The molecule has 0 radical (unpaired) electrons. The maximum Gasteiger partial charge on any atom is 0.150 e. The van der Waals surface area contributed by atoms with E-state index in [-0.39, 0.29) is 22.7 Å². The first-order valence-corrected chi connectivity index (χ1v) is 10.7. The van der Waals surface area contributed by atoms with E-state index in [9.17, 15) is 16.8 Å². The van der Waals surface area contributed by atoms with Gasteiger partial charge in [0.1, 0.15) is 9.84 Å². The number of sulfone groups is 2. The fourth-order valence-electron chi connectivity index (χ4n) is 2.65. The topological polar surface area (TPSA) is 80.3 Å². The van der Waals surface area contributed by atoms with Crippen molar-refractivity contribution in [2.75, 3.05) is 36.6 Å². The maximum absolute atomic E-state index is 11.7. The van der Waals surface area contributed by atoms with E-state index in [0.29, 0.717) is 25.8 Å². The Morgan fingerprint density at radius 1 is 1.32 bits per heavy atom. The third-order valence-electron chi connectivity index (χ3n) is 3.62. The SMILES string of the molecule is CCCNCC1(CCCS(C)(=O)=O)CCS(=O)(=O)C1. The van der Waals surface area contributed by atoms with Crippen LogP contribution in [0, 0.1) is 5.41 Å². The van der Waals surface area contributed by atoms with Crippen molar-refractivity contribution >= 4 is 19.7 Å². The van der Waals surface area contributed by atoms with Crippen LogP contribution in [0.4, 0.5) is 0 Å². The van der Waals surface area contributed by atoms with E-state index in [4.69, 9.17) is 0 Å². The molecule has 0 aromatic carbocycles. The van der Waals surface area contributed by atoms with Crippen LogP contribution < -0.4 is 5.32 Å². The molecule has 7 heteroatoms. The molecular weight excluding hydrogens is 286 g/mol. The highest BCUT2D eigenvalue weighted by molar-refractivity contribution is 7.91. The number of nitrogens with one attached hydrogen (secondary N) is 1. The van der Waals surface area contributed by atoms with Gasteiger partial charge < -0.3 is 5.32 Å². The molecule has 114 valence electrons. The lowest BCUT2D eigenvalue weighted by Gasteiger charge is -2.28. The summed E-state index contributed by atoms with van der Waals surface area (Å²) in [5, 5.41) is 3.29. The number of hydrogen-bond acceptors (Lipinski definition) is 5. The zero-order valence-corrected chi connectivity index (χ0v) is 13.4. The molecule has 1 fully saturated rings. The van der Waals surface area contributed by atoms with Gasteiger partial charge in [-0.25, -0.2) is 16.8 Å². The van der Waals surface area contributed by atoms with Gasteiger partial charge in [0.15, 0.2) is 9.84 Å². The standard InChI is InChI=1S/C12H25NO4S2/c1-3-7-13-10-12(5-4-8-18(2,14)15)6-9-19(16,17)11-12/h13H,3-11H2,1-2H3. The van der Waals surface area contributed by atoms with Crippen LogP contribution in [0.1, 0.15) is 32.6 Å². The van der Waals surface area contributed by atoms with Gasteiger partial charge in [-0.05, 0) is 37.6 Å². The predicted molar refractivity (Wildman–Crippen MR) is 77.8 cm³/mol. The van der Waals surface area contributed by atoms with Crippen LogP contribution in [0.2, 0.25) is 0 Å². The zero-order chi connectivity index (χ0) is 14.6. The Balaban J connectivity index is 2.60. The summed E-state index contributed by atoms with van der Waals surface area (Å²) in [6.07, 6.45) is 4.08. The second kappa shape index (κ2) is 6.54. The van der Waals surface area contributed by atoms with Crippen LogP contribution in [0.3, 0.4) is 0 Å². The highest BCUT2D eigenvalue weighted by Gasteiger charge is 2.41. The molecule has 1 aliphatic heterocycles. The molecule has 0 aromatic heterocycles. The van der Waals surface area contributed by atoms with Crippen molar-refractivity contribution in [2.45, 2.75) is 32.6 Å². The molecule has 0 amide bonds. The summed E-state index contributed by atoms with van der Waals surface area (Å²) in [5.74, 6) is 0.572. The van der Waals surface area contributed by atoms with E-state index in [1.54, 1.807) is 0 Å². The van der Waals surface area contributed by atoms with Crippen molar-refractivity contribution in [3.8, 4) is 0 Å². The van der Waals surface area contributed by atoms with Crippen LogP contribution >= 0.6 is 0 Å². The van der Waals surface area contributed by atoms with Crippen molar-refractivity contribution in [1.29, 1.82) is 0 Å². The van der Waals surface area contributed by atoms with Gasteiger partial charge in [-0.1, -0.05) is 6.92 Å². The molecule has 0 aliphatic carbocycles. The maximum atomic E-state index is 11.7. The van der Waals surface area contributed by atoms with Gasteiger partial charge in [0.05, 0.1) is 11.5 Å². The summed E-state index contributed by atoms with van der Waals surface area (Å²) in [5.41, 5.74) is -0.265. The van der Waals surface area contributed by atoms with E-state index in [1.807, 2.05) is 0 Å². The molecular formula is C12H25NO4S2. The average Bonchev–Trinajstić information content (AvgIpc) is 2.53. The minimum atomic E-state index is -2.97. The van der Waals surface area contributed by atoms with Crippen LogP contribution in [-0.2, 0) is 19.7 Å². The summed E-state index contributed by atoms with van der Waals surface area (Å²) in [7, 11) is -5.91. The minimum Gasteiger partial charge on any atom is -0.316 e. The Morgan fingerprint density at radius 3 is 2.47 bits per heavy atom. The molecule has 1 heterocycles. The first kappa shape index (κ1) is 16.9. The average molecular weight is 311 g/mol. The van der Waals surface area contributed by atoms with E-state index >= 15 is 0 Å². The molecule has 19 heavy (non-hydrogen) atoms. The Hall–Kier alpha value is -0.140. The van der Waals surface area contributed by atoms with Gasteiger partial charge in [-0.3, -0.25) is 0 Å². The van der Waals surface area contributed by atoms with Crippen LogP contribution in [0.15, 0.2) is 0 Å². The first-order valence-electron chi connectivity index (χ1n) is 6.77. The molecule has 0 aromatic rings. The second-order valence-electron chi connectivity index (χ2n) is 5.75. The van der Waals surface area contributed by atoms with Crippen molar-refractivity contribution in [2.24, 2.45) is 5.41 Å². The molecule has 0 bridgehead atoms. The molecule has 1 saturated heterocycles. The zero-order valence-electron chi connectivity index (χ0n) is 11.8. The van der Waals surface area contributed by atoms with Gasteiger partial charge >= 0.3 is 0 Å². The van der Waals surface area contributed by atoms with Gasteiger partial charge in [0, 0.05) is 18.6 Å². The fourth-order valence-corrected chi connectivity index (χ4v) is 5.53. The lowest BCUT2D eigenvalue weighted by Crippen LogP contribution is -2.36. The van der Waals surface area contributed by atoms with E-state index in [1.165, 1.54) is 6.26 Å². The normalized spacial score (nSPS) is 26.6. The van der Waals surface area contributed by atoms with Crippen molar-refractivity contribution < 1.29 is 16.8 Å². The van der Waals surface area contributed by atoms with Crippen LogP contribution in [0.5, 0.6) is 0 Å². The molecule has 0 saturated carbocycles. The van der Waals surface area contributed by atoms with Gasteiger partial charge in [-0.2, -0.15) is 0 Å². The third-order valence-corrected chi connectivity index (χ3v) is 6.53. The third kappa shape index (κ3) is 6.23. The van der Waals surface area contributed by atoms with E-state index in [2.05, 4.69) is 12.2 Å². The monoisotopic (exact) mass is 311 g/mol. The van der Waals surface area contributed by atoms with Crippen molar-refractivity contribution in [3.63, 3.8) is 0 Å². The smallest absolute Gasteiger partial charge is 0.150 e. The van der Waals surface area contributed by atoms with Crippen LogP contribution in [-0.4, -0.2) is 53.4 Å². The number of hydrogen-bond donors (Lipinski definition) is 1. The first-order chi connectivity index (χ1) is 8.68. The van der Waals surface area contributed by atoms with Gasteiger partial charge in [-0.15, -0.1) is 0 Å². The quantitative estimate of drug-likeness (QED) is 0.665. The van der Waals surface area contributed by atoms with E-state index < -0.39 is 19.7 Å². The Bertz CT molecular complexity index is 484. The largest absolute Gasteiger partial charge is 0.316 e. The molecule has 1 rings (SSSR count). The Morgan fingerprint density at radius 2 is 2.00 bits per heavy atom. The molecule has 0 spiro atoms. The van der Waals surface area contributed by atoms with Crippen molar-refractivity contribution in [1.82, 2.24) is 5.32 Å². The number of rotatable bonds is 8. The minimum absolute atomic E-state index is 0.141. The highest BCUT2D eigenvalue weighted by atomic mass is 32.2. The van der Waals surface area contributed by atoms with Crippen molar-refractivity contribution in [3.05, 3.63) is 0 Å². The summed E-state index contributed by atoms with van der Waals surface area (Å²) in [4.78, 5) is 0. The molecule has 1 N–H and O–H groups in total. The second-order valence-corrected chi connectivity index (χ2v) is 10.2. The molecule has 1 atom stereocenters. The summed E-state index contributed by atoms with van der Waals surface area (Å²) < 4.78 is 45.7. The Kier molecular flexibility index (Phi) is 5.82. The molecule has 1 unspecified atom stereocenters. The van der Waals surface area contributed by atoms with Crippen LogP contribution in [0.25, 0.3) is 0 Å². The molecule has 1 aliphatic rings. The lowest BCUT2D eigenvalue weighted by atomic mass is 9.83. The highest BCUT2D eigenvalue weighted by Crippen LogP contribution is 2.36. The van der Waals surface area contributed by atoms with Gasteiger partial charge in [0.25, 0.3) is 0 Å². The summed E-state index contributed by atoms with van der Waals surface area (Å²) in [6, 6.07) is 0.